The van der Waals surface area contributed by atoms with E-state index in [2.05, 4.69) is 15.4 Å². The van der Waals surface area contributed by atoms with Crippen LogP contribution in [0.4, 0.5) is 4.39 Å². The largest absolute Gasteiger partial charge is 0.310 e. The molecule has 1 unspecified atom stereocenters. The van der Waals surface area contributed by atoms with Gasteiger partial charge in [0.05, 0.1) is 5.02 Å². The lowest BCUT2D eigenvalue weighted by Gasteiger charge is -2.19. The number of nitrogens with one attached hydrogen (secondary N) is 1. The zero-order valence-corrected chi connectivity index (χ0v) is 12.4. The molecule has 0 aliphatic heterocycles. The van der Waals surface area contributed by atoms with Crippen LogP contribution in [-0.4, -0.2) is 21.3 Å². The summed E-state index contributed by atoms with van der Waals surface area (Å²) in [5.41, 5.74) is 0.749. The van der Waals surface area contributed by atoms with Crippen LogP contribution in [0.15, 0.2) is 24.5 Å². The van der Waals surface area contributed by atoms with Crippen LogP contribution in [0.1, 0.15) is 31.3 Å². The number of hydrogen-bond acceptors (Lipinski definition) is 3. The van der Waals surface area contributed by atoms with Gasteiger partial charge in [-0.25, -0.2) is 9.37 Å². The second-order valence-corrected chi connectivity index (χ2v) is 4.83. The first kappa shape index (κ1) is 14.9. The van der Waals surface area contributed by atoms with Gasteiger partial charge in [-0.3, -0.25) is 4.68 Å². The van der Waals surface area contributed by atoms with Crippen LogP contribution in [0.25, 0.3) is 0 Å². The summed E-state index contributed by atoms with van der Waals surface area (Å²) < 4.78 is 15.4. The topological polar surface area (TPSA) is 42.7 Å². The molecular formula is C14H18ClFN4. The average molecular weight is 297 g/mol. The van der Waals surface area contributed by atoms with Gasteiger partial charge in [0.25, 0.3) is 0 Å². The van der Waals surface area contributed by atoms with Crippen molar-refractivity contribution < 1.29 is 4.39 Å². The summed E-state index contributed by atoms with van der Waals surface area (Å²) in [4.78, 5) is 4.26. The smallest absolute Gasteiger partial charge is 0.142 e. The molecule has 1 aromatic carbocycles. The average Bonchev–Trinajstić information content (AvgIpc) is 2.89. The predicted molar refractivity (Wildman–Crippen MR) is 77.2 cm³/mol. The van der Waals surface area contributed by atoms with Gasteiger partial charge in [0.2, 0.25) is 0 Å². The predicted octanol–water partition coefficient (Wildman–Crippen LogP) is 2.98. The maximum atomic E-state index is 13.6. The summed E-state index contributed by atoms with van der Waals surface area (Å²) in [6, 6.07) is 4.79. The number of aryl methyl sites for hydroxylation is 1. The number of hydrogen-bond donors (Lipinski definition) is 1. The molecule has 1 aromatic heterocycles. The van der Waals surface area contributed by atoms with Crippen molar-refractivity contribution in [3.05, 3.63) is 46.8 Å². The Morgan fingerprint density at radius 2 is 2.20 bits per heavy atom. The van der Waals surface area contributed by atoms with E-state index in [-0.39, 0.29) is 11.1 Å². The Morgan fingerprint density at radius 1 is 1.40 bits per heavy atom. The van der Waals surface area contributed by atoms with Crippen molar-refractivity contribution in [2.45, 2.75) is 32.9 Å². The molecule has 2 aromatic rings. The highest BCUT2D eigenvalue weighted by molar-refractivity contribution is 6.31. The summed E-state index contributed by atoms with van der Waals surface area (Å²) in [6.45, 7) is 5.53. The minimum atomic E-state index is -0.399. The fraction of sp³-hybridized carbons (Fsp3) is 0.429. The first-order chi connectivity index (χ1) is 9.67. The molecule has 6 heteroatoms. The van der Waals surface area contributed by atoms with Crippen molar-refractivity contribution in [3.63, 3.8) is 0 Å². The van der Waals surface area contributed by atoms with Crippen LogP contribution in [0.3, 0.4) is 0 Å². The highest BCUT2D eigenvalue weighted by atomic mass is 35.5. The standard InChI is InChI=1S/C14H18ClFN4/c1-3-17-12(8-13-18-9-19-20(13)4-2)10-6-5-7-11(16)14(10)15/h5-7,9,12,17H,3-4,8H2,1-2H3. The third-order valence-electron chi connectivity index (χ3n) is 3.19. The zero-order valence-electron chi connectivity index (χ0n) is 11.6. The number of aromatic nitrogens is 3. The van der Waals surface area contributed by atoms with Crippen molar-refractivity contribution in [2.75, 3.05) is 6.54 Å². The lowest BCUT2D eigenvalue weighted by atomic mass is 10.0. The van der Waals surface area contributed by atoms with E-state index in [1.54, 1.807) is 6.07 Å². The van der Waals surface area contributed by atoms with Gasteiger partial charge in [-0.1, -0.05) is 30.7 Å². The van der Waals surface area contributed by atoms with Gasteiger partial charge in [-0.15, -0.1) is 0 Å². The Morgan fingerprint density at radius 3 is 2.90 bits per heavy atom. The van der Waals surface area contributed by atoms with Gasteiger partial charge < -0.3 is 5.32 Å². The Hall–Kier alpha value is -1.46. The highest BCUT2D eigenvalue weighted by Crippen LogP contribution is 2.27. The lowest BCUT2D eigenvalue weighted by molar-refractivity contribution is 0.506. The van der Waals surface area contributed by atoms with Gasteiger partial charge in [0.15, 0.2) is 0 Å². The molecule has 20 heavy (non-hydrogen) atoms. The summed E-state index contributed by atoms with van der Waals surface area (Å²) in [6.07, 6.45) is 2.15. The van der Waals surface area contributed by atoms with E-state index in [1.165, 1.54) is 12.4 Å². The Bertz CT molecular complexity index is 570. The molecule has 0 bridgehead atoms. The first-order valence-electron chi connectivity index (χ1n) is 6.71. The fourth-order valence-corrected chi connectivity index (χ4v) is 2.48. The van der Waals surface area contributed by atoms with Crippen molar-refractivity contribution in [3.8, 4) is 0 Å². The summed E-state index contributed by atoms with van der Waals surface area (Å²) >= 11 is 6.08. The zero-order chi connectivity index (χ0) is 14.5. The first-order valence-corrected chi connectivity index (χ1v) is 7.09. The number of benzene rings is 1. The van der Waals surface area contributed by atoms with E-state index in [0.29, 0.717) is 6.42 Å². The van der Waals surface area contributed by atoms with Crippen LogP contribution >= 0.6 is 11.6 Å². The molecule has 1 atom stereocenters. The Labute approximate surface area is 123 Å². The van der Waals surface area contributed by atoms with E-state index in [1.807, 2.05) is 24.6 Å². The van der Waals surface area contributed by atoms with E-state index >= 15 is 0 Å². The maximum Gasteiger partial charge on any atom is 0.142 e. The fourth-order valence-electron chi connectivity index (χ4n) is 2.22. The number of halogens is 2. The third kappa shape index (κ3) is 3.16. The van der Waals surface area contributed by atoms with Gasteiger partial charge >= 0.3 is 0 Å². The van der Waals surface area contributed by atoms with Crippen LogP contribution in [0, 0.1) is 5.82 Å². The van der Waals surface area contributed by atoms with E-state index < -0.39 is 5.82 Å². The molecular weight excluding hydrogens is 279 g/mol. The molecule has 0 spiro atoms. The molecule has 0 aliphatic rings. The maximum absolute atomic E-state index is 13.6. The number of likely N-dealkylation sites (N-methyl/N-ethyl adjacent to an activating group) is 1. The molecule has 0 amide bonds. The van der Waals surface area contributed by atoms with Gasteiger partial charge in [-0.05, 0) is 25.1 Å². The second kappa shape index (κ2) is 6.81. The quantitative estimate of drug-likeness (QED) is 0.891. The summed E-state index contributed by atoms with van der Waals surface area (Å²) in [5.74, 6) is 0.461. The molecule has 2 rings (SSSR count). The third-order valence-corrected chi connectivity index (χ3v) is 3.59. The highest BCUT2D eigenvalue weighted by Gasteiger charge is 2.19. The Kier molecular flexibility index (Phi) is 5.09. The molecule has 0 saturated carbocycles. The SMILES string of the molecule is CCNC(Cc1ncnn1CC)c1cccc(F)c1Cl. The van der Waals surface area contributed by atoms with Crippen LogP contribution < -0.4 is 5.32 Å². The van der Waals surface area contributed by atoms with E-state index in [0.717, 1.165) is 24.5 Å². The molecule has 1 N–H and O–H groups in total. The van der Waals surface area contributed by atoms with Crippen molar-refractivity contribution in [2.24, 2.45) is 0 Å². The number of nitrogens with zero attached hydrogens (tertiary/aromatic N) is 3. The van der Waals surface area contributed by atoms with Crippen molar-refractivity contribution in [1.29, 1.82) is 0 Å². The number of rotatable bonds is 6. The van der Waals surface area contributed by atoms with Gasteiger partial charge in [0.1, 0.15) is 18.0 Å². The molecule has 0 saturated heterocycles. The van der Waals surface area contributed by atoms with Crippen molar-refractivity contribution >= 4 is 11.6 Å². The van der Waals surface area contributed by atoms with Gasteiger partial charge in [0, 0.05) is 19.0 Å². The lowest BCUT2D eigenvalue weighted by Crippen LogP contribution is -2.25. The minimum Gasteiger partial charge on any atom is -0.310 e. The normalized spacial score (nSPS) is 12.6. The summed E-state index contributed by atoms with van der Waals surface area (Å²) in [7, 11) is 0. The van der Waals surface area contributed by atoms with E-state index in [4.69, 9.17) is 11.6 Å². The molecule has 108 valence electrons. The molecule has 1 heterocycles. The molecule has 4 nitrogen and oxygen atoms in total. The second-order valence-electron chi connectivity index (χ2n) is 4.45. The van der Waals surface area contributed by atoms with Crippen LogP contribution in [0.5, 0.6) is 0 Å². The molecule has 0 aliphatic carbocycles. The monoisotopic (exact) mass is 296 g/mol. The summed E-state index contributed by atoms with van der Waals surface area (Å²) in [5, 5.41) is 7.64. The van der Waals surface area contributed by atoms with Gasteiger partial charge in [-0.2, -0.15) is 5.10 Å². The van der Waals surface area contributed by atoms with Crippen molar-refractivity contribution in [1.82, 2.24) is 20.1 Å². The molecule has 0 fully saturated rings. The molecule has 0 radical (unpaired) electrons. The van der Waals surface area contributed by atoms with Crippen LogP contribution in [0.2, 0.25) is 5.02 Å². The van der Waals surface area contributed by atoms with Crippen LogP contribution in [-0.2, 0) is 13.0 Å². The Balaban J connectivity index is 2.29. The minimum absolute atomic E-state index is 0.0855. The van der Waals surface area contributed by atoms with E-state index in [9.17, 15) is 4.39 Å².